The predicted octanol–water partition coefficient (Wildman–Crippen LogP) is 2.27. The molecular formula is C23H31N3O2. The molecule has 1 aromatic carbocycles. The highest BCUT2D eigenvalue weighted by Gasteiger charge is 2.58. The number of nitrogens with one attached hydrogen (secondary N) is 1. The zero-order valence-electron chi connectivity index (χ0n) is 16.6. The summed E-state index contributed by atoms with van der Waals surface area (Å²) in [5.41, 5.74) is 1.24. The first-order chi connectivity index (χ1) is 13.6. The van der Waals surface area contributed by atoms with Crippen molar-refractivity contribution in [2.45, 2.75) is 38.6 Å². The average Bonchev–Trinajstić information content (AvgIpc) is 3.37. The van der Waals surface area contributed by atoms with E-state index < -0.39 is 0 Å². The fourth-order valence-electron chi connectivity index (χ4n) is 5.19. The molecule has 2 amide bonds. The second-order valence-corrected chi connectivity index (χ2v) is 9.58. The molecule has 0 bridgehead atoms. The van der Waals surface area contributed by atoms with Crippen LogP contribution in [0.4, 0.5) is 0 Å². The van der Waals surface area contributed by atoms with Gasteiger partial charge in [0.05, 0.1) is 5.92 Å². The summed E-state index contributed by atoms with van der Waals surface area (Å²) in [6.07, 6.45) is 5.79. The highest BCUT2D eigenvalue weighted by atomic mass is 16.2. The van der Waals surface area contributed by atoms with Gasteiger partial charge in [-0.1, -0.05) is 36.8 Å². The van der Waals surface area contributed by atoms with Gasteiger partial charge < -0.3 is 10.2 Å². The van der Waals surface area contributed by atoms with Crippen LogP contribution in [0.3, 0.4) is 0 Å². The lowest BCUT2D eigenvalue weighted by molar-refractivity contribution is -0.155. The topological polar surface area (TPSA) is 52.7 Å². The van der Waals surface area contributed by atoms with Crippen LogP contribution in [-0.2, 0) is 16.1 Å². The maximum Gasteiger partial charge on any atom is 0.225 e. The molecule has 2 saturated heterocycles. The summed E-state index contributed by atoms with van der Waals surface area (Å²) in [6.45, 7) is 4.94. The van der Waals surface area contributed by atoms with E-state index in [1.165, 1.54) is 24.8 Å². The van der Waals surface area contributed by atoms with E-state index in [0.29, 0.717) is 11.8 Å². The van der Waals surface area contributed by atoms with Crippen molar-refractivity contribution >= 4 is 11.8 Å². The first kappa shape index (κ1) is 18.2. The van der Waals surface area contributed by atoms with Gasteiger partial charge in [0.2, 0.25) is 11.8 Å². The predicted molar refractivity (Wildman–Crippen MR) is 107 cm³/mol. The van der Waals surface area contributed by atoms with Crippen molar-refractivity contribution in [3.63, 3.8) is 0 Å². The normalized spacial score (nSPS) is 26.7. The molecule has 4 aliphatic rings. The Balaban J connectivity index is 1.26. The Morgan fingerprint density at radius 1 is 1.04 bits per heavy atom. The molecule has 2 heterocycles. The highest BCUT2D eigenvalue weighted by Crippen LogP contribution is 2.46. The summed E-state index contributed by atoms with van der Waals surface area (Å²) >= 11 is 0. The number of rotatable bonds is 6. The van der Waals surface area contributed by atoms with Crippen LogP contribution in [0.1, 0.15) is 37.7 Å². The highest BCUT2D eigenvalue weighted by molar-refractivity contribution is 5.83. The average molecular weight is 382 g/mol. The quantitative estimate of drug-likeness (QED) is 0.823. The second kappa shape index (κ2) is 7.18. The fraction of sp³-hybridized carbons (Fsp3) is 0.652. The Hall–Kier alpha value is -1.88. The van der Waals surface area contributed by atoms with E-state index in [2.05, 4.69) is 34.5 Å². The second-order valence-electron chi connectivity index (χ2n) is 9.58. The van der Waals surface area contributed by atoms with E-state index >= 15 is 0 Å². The van der Waals surface area contributed by atoms with E-state index in [0.717, 1.165) is 52.1 Å². The number of amides is 2. The molecule has 1 unspecified atom stereocenters. The van der Waals surface area contributed by atoms with E-state index in [4.69, 9.17) is 0 Å². The Kier molecular flexibility index (Phi) is 4.66. The molecule has 0 radical (unpaired) electrons. The van der Waals surface area contributed by atoms with Gasteiger partial charge in [-0.2, -0.15) is 0 Å². The molecule has 4 fully saturated rings. The van der Waals surface area contributed by atoms with E-state index in [1.54, 1.807) is 0 Å². The van der Waals surface area contributed by atoms with Crippen LogP contribution in [0, 0.1) is 23.2 Å². The number of carbonyl (C=O) groups excluding carboxylic acids is 2. The van der Waals surface area contributed by atoms with Crippen LogP contribution >= 0.6 is 0 Å². The standard InChI is InChI=1S/C23H31N3O2/c27-21(24-11-17-9-10-17)20-13-25(12-18-5-2-1-3-6-18)14-23(20)15-26(16-23)22(28)19-7-4-8-19/h1-3,5-6,17,19-20H,4,7-16H2,(H,24,27). The smallest absolute Gasteiger partial charge is 0.225 e. The summed E-state index contributed by atoms with van der Waals surface area (Å²) < 4.78 is 0. The van der Waals surface area contributed by atoms with Crippen LogP contribution in [0.15, 0.2) is 30.3 Å². The Morgan fingerprint density at radius 2 is 1.79 bits per heavy atom. The number of carbonyl (C=O) groups is 2. The molecule has 1 N–H and O–H groups in total. The van der Waals surface area contributed by atoms with Crippen LogP contribution in [0.25, 0.3) is 0 Å². The minimum atomic E-state index is -0.0537. The maximum atomic E-state index is 13.0. The Labute approximate surface area is 167 Å². The summed E-state index contributed by atoms with van der Waals surface area (Å²) in [6, 6.07) is 10.5. The summed E-state index contributed by atoms with van der Waals surface area (Å²) in [5.74, 6) is 1.48. The van der Waals surface area contributed by atoms with Gasteiger partial charge in [0.25, 0.3) is 0 Å². The van der Waals surface area contributed by atoms with Gasteiger partial charge in [0.15, 0.2) is 0 Å². The van der Waals surface area contributed by atoms with Crippen molar-refractivity contribution in [2.75, 3.05) is 32.7 Å². The molecule has 28 heavy (non-hydrogen) atoms. The SMILES string of the molecule is O=C(NCC1CC1)C1CN(Cc2ccccc2)CC12CN(C(=O)C1CCC1)C2. The molecule has 0 aromatic heterocycles. The monoisotopic (exact) mass is 381 g/mol. The van der Waals surface area contributed by atoms with Gasteiger partial charge in [-0.3, -0.25) is 14.5 Å². The van der Waals surface area contributed by atoms with Gasteiger partial charge in [0, 0.05) is 50.6 Å². The summed E-state index contributed by atoms with van der Waals surface area (Å²) in [7, 11) is 0. The van der Waals surface area contributed by atoms with E-state index in [1.807, 2.05) is 11.0 Å². The maximum absolute atomic E-state index is 13.0. The molecule has 1 spiro atoms. The van der Waals surface area contributed by atoms with E-state index in [9.17, 15) is 9.59 Å². The van der Waals surface area contributed by atoms with Gasteiger partial charge in [-0.25, -0.2) is 0 Å². The lowest BCUT2D eigenvalue weighted by atomic mass is 9.70. The molecule has 1 atom stereocenters. The van der Waals surface area contributed by atoms with Crippen molar-refractivity contribution in [3.05, 3.63) is 35.9 Å². The van der Waals surface area contributed by atoms with Crippen molar-refractivity contribution in [1.29, 1.82) is 0 Å². The van der Waals surface area contributed by atoms with Gasteiger partial charge in [-0.15, -0.1) is 0 Å². The number of hydrogen-bond donors (Lipinski definition) is 1. The molecule has 5 rings (SSSR count). The largest absolute Gasteiger partial charge is 0.356 e. The summed E-state index contributed by atoms with van der Waals surface area (Å²) in [4.78, 5) is 30.1. The van der Waals surface area contributed by atoms with Crippen molar-refractivity contribution in [1.82, 2.24) is 15.1 Å². The van der Waals surface area contributed by atoms with Crippen molar-refractivity contribution < 1.29 is 9.59 Å². The molecule has 2 aliphatic heterocycles. The van der Waals surface area contributed by atoms with Gasteiger partial charge >= 0.3 is 0 Å². The number of benzene rings is 1. The lowest BCUT2D eigenvalue weighted by Crippen LogP contribution is -2.65. The van der Waals surface area contributed by atoms with Crippen LogP contribution in [0.5, 0.6) is 0 Å². The molecule has 5 nitrogen and oxygen atoms in total. The Morgan fingerprint density at radius 3 is 2.43 bits per heavy atom. The third-order valence-corrected chi connectivity index (χ3v) is 7.32. The van der Waals surface area contributed by atoms with Crippen molar-refractivity contribution in [3.8, 4) is 0 Å². The number of likely N-dealkylation sites (tertiary alicyclic amines) is 2. The molecule has 150 valence electrons. The zero-order chi connectivity index (χ0) is 19.1. The van der Waals surface area contributed by atoms with Crippen molar-refractivity contribution in [2.24, 2.45) is 23.2 Å². The third kappa shape index (κ3) is 3.45. The molecule has 2 aliphatic carbocycles. The number of nitrogens with zero attached hydrogens (tertiary/aromatic N) is 2. The minimum absolute atomic E-state index is 0.000373. The molecular weight excluding hydrogens is 350 g/mol. The molecule has 1 aromatic rings. The molecule has 2 saturated carbocycles. The first-order valence-corrected chi connectivity index (χ1v) is 11.0. The Bertz CT molecular complexity index is 735. The first-order valence-electron chi connectivity index (χ1n) is 11.0. The van der Waals surface area contributed by atoms with Gasteiger partial charge in [0.1, 0.15) is 0 Å². The summed E-state index contributed by atoms with van der Waals surface area (Å²) in [5, 5.41) is 3.21. The third-order valence-electron chi connectivity index (χ3n) is 7.32. The van der Waals surface area contributed by atoms with Crippen LogP contribution in [-0.4, -0.2) is 54.3 Å². The zero-order valence-corrected chi connectivity index (χ0v) is 16.6. The van der Waals surface area contributed by atoms with Crippen LogP contribution in [0.2, 0.25) is 0 Å². The van der Waals surface area contributed by atoms with Gasteiger partial charge in [-0.05, 0) is 37.2 Å². The fourth-order valence-corrected chi connectivity index (χ4v) is 5.19. The number of hydrogen-bond acceptors (Lipinski definition) is 3. The molecule has 5 heteroatoms. The lowest BCUT2D eigenvalue weighted by Gasteiger charge is -2.52. The van der Waals surface area contributed by atoms with E-state index in [-0.39, 0.29) is 23.2 Å². The van der Waals surface area contributed by atoms with Crippen LogP contribution < -0.4 is 5.32 Å². The minimum Gasteiger partial charge on any atom is -0.356 e.